The third-order valence-corrected chi connectivity index (χ3v) is 6.08. The van der Waals surface area contributed by atoms with Crippen molar-refractivity contribution in [1.82, 2.24) is 4.98 Å². The quantitative estimate of drug-likeness (QED) is 0.240. The summed E-state index contributed by atoms with van der Waals surface area (Å²) in [5.74, 6) is 0.517. The minimum Gasteiger partial charge on any atom is -0.455 e. The van der Waals surface area contributed by atoms with Gasteiger partial charge in [0.25, 0.3) is 0 Å². The van der Waals surface area contributed by atoms with E-state index in [0.29, 0.717) is 33.1 Å². The smallest absolute Gasteiger partial charge is 0.196 e. The molecular weight excluding hydrogens is 436 g/mol. The highest BCUT2D eigenvalue weighted by Gasteiger charge is 2.20. The molecule has 2 aromatic carbocycles. The zero-order chi connectivity index (χ0) is 23.9. The molecule has 0 saturated heterocycles. The van der Waals surface area contributed by atoms with Crippen molar-refractivity contribution in [3.8, 4) is 11.3 Å². The summed E-state index contributed by atoms with van der Waals surface area (Å²) < 4.78 is 6.43. The van der Waals surface area contributed by atoms with Crippen molar-refractivity contribution >= 4 is 39.6 Å². The van der Waals surface area contributed by atoms with Gasteiger partial charge in [0.2, 0.25) is 0 Å². The fourth-order valence-corrected chi connectivity index (χ4v) is 4.28. The van der Waals surface area contributed by atoms with Gasteiger partial charge in [-0.3, -0.25) is 4.79 Å². The van der Waals surface area contributed by atoms with Gasteiger partial charge in [0.15, 0.2) is 5.43 Å². The third-order valence-electron chi connectivity index (χ3n) is 5.87. The van der Waals surface area contributed by atoms with E-state index < -0.39 is 0 Å². The van der Waals surface area contributed by atoms with E-state index in [1.807, 2.05) is 64.2 Å². The van der Waals surface area contributed by atoms with Crippen molar-refractivity contribution in [1.29, 1.82) is 0 Å². The molecule has 1 unspecified atom stereocenters. The molecular formula is C26H27ClN4O2. The number of rotatable bonds is 5. The van der Waals surface area contributed by atoms with E-state index >= 15 is 0 Å². The molecule has 2 aromatic heterocycles. The maximum atomic E-state index is 13.4. The number of nitrogens with two attached hydrogens (primary N) is 1. The fraction of sp³-hybridized carbons (Fsp3) is 0.231. The summed E-state index contributed by atoms with van der Waals surface area (Å²) in [4.78, 5) is 17.7. The maximum absolute atomic E-state index is 13.4. The first kappa shape index (κ1) is 22.7. The SMILES string of the molecule is CNc1ccc(-c2oc3c(C(C)Nc4ccc(Cl)nc4C)cc(C)cc3c(=O)c2C)cc1N. The van der Waals surface area contributed by atoms with Gasteiger partial charge in [-0.1, -0.05) is 17.7 Å². The predicted molar refractivity (Wildman–Crippen MR) is 137 cm³/mol. The van der Waals surface area contributed by atoms with Gasteiger partial charge < -0.3 is 20.8 Å². The van der Waals surface area contributed by atoms with E-state index in [9.17, 15) is 4.79 Å². The maximum Gasteiger partial charge on any atom is 0.196 e. The number of nitrogens with zero attached hydrogens (tertiary/aromatic N) is 1. The van der Waals surface area contributed by atoms with Gasteiger partial charge in [0.1, 0.15) is 16.5 Å². The number of aryl methyl sites for hydroxylation is 2. The monoisotopic (exact) mass is 462 g/mol. The Bertz CT molecular complexity index is 1430. The molecule has 4 rings (SSSR count). The largest absolute Gasteiger partial charge is 0.455 e. The summed E-state index contributed by atoms with van der Waals surface area (Å²) >= 11 is 6.01. The minimum absolute atomic E-state index is 0.0518. The molecule has 0 aliphatic heterocycles. The van der Waals surface area contributed by atoms with Crippen molar-refractivity contribution in [2.75, 3.05) is 23.4 Å². The summed E-state index contributed by atoms with van der Waals surface area (Å²) in [6, 6.07) is 13.0. The molecule has 1 atom stereocenters. The number of nitrogens with one attached hydrogen (secondary N) is 2. The van der Waals surface area contributed by atoms with Crippen LogP contribution < -0.4 is 21.8 Å². The van der Waals surface area contributed by atoms with Crippen molar-refractivity contribution in [3.05, 3.63) is 80.2 Å². The lowest BCUT2D eigenvalue weighted by molar-refractivity contribution is 0.605. The Balaban J connectivity index is 1.88. The Morgan fingerprint density at radius 2 is 1.79 bits per heavy atom. The lowest BCUT2D eigenvalue weighted by Crippen LogP contribution is -2.13. The first-order valence-electron chi connectivity index (χ1n) is 10.7. The van der Waals surface area contributed by atoms with Crippen molar-refractivity contribution in [2.24, 2.45) is 0 Å². The van der Waals surface area contributed by atoms with Crippen molar-refractivity contribution < 1.29 is 4.42 Å². The Hall–Kier alpha value is -3.51. The molecule has 0 spiro atoms. The number of nitrogen functional groups attached to an aromatic ring is 1. The summed E-state index contributed by atoms with van der Waals surface area (Å²) in [6.45, 7) is 7.69. The van der Waals surface area contributed by atoms with Gasteiger partial charge >= 0.3 is 0 Å². The van der Waals surface area contributed by atoms with E-state index in [4.69, 9.17) is 21.8 Å². The Kier molecular flexibility index (Phi) is 6.04. The second-order valence-corrected chi connectivity index (χ2v) is 8.69. The molecule has 4 N–H and O–H groups in total. The average molecular weight is 463 g/mol. The van der Waals surface area contributed by atoms with Gasteiger partial charge in [-0.05, 0) is 69.7 Å². The van der Waals surface area contributed by atoms with Gasteiger partial charge in [0, 0.05) is 23.7 Å². The number of fused-ring (bicyclic) bond motifs is 1. The number of hydrogen-bond donors (Lipinski definition) is 3. The van der Waals surface area contributed by atoms with E-state index in [-0.39, 0.29) is 11.5 Å². The number of anilines is 3. The Morgan fingerprint density at radius 1 is 1.06 bits per heavy atom. The number of hydrogen-bond acceptors (Lipinski definition) is 6. The van der Waals surface area contributed by atoms with Crippen LogP contribution in [0.25, 0.3) is 22.3 Å². The van der Waals surface area contributed by atoms with Crippen LogP contribution in [-0.2, 0) is 0 Å². The highest BCUT2D eigenvalue weighted by Crippen LogP contribution is 2.34. The molecule has 33 heavy (non-hydrogen) atoms. The summed E-state index contributed by atoms with van der Waals surface area (Å²) in [5.41, 5.74) is 12.9. The summed E-state index contributed by atoms with van der Waals surface area (Å²) in [6.07, 6.45) is 0. The molecule has 2 heterocycles. The number of benzene rings is 2. The third kappa shape index (κ3) is 4.26. The van der Waals surface area contributed by atoms with Crippen LogP contribution >= 0.6 is 11.6 Å². The summed E-state index contributed by atoms with van der Waals surface area (Å²) in [5, 5.41) is 7.54. The summed E-state index contributed by atoms with van der Waals surface area (Å²) in [7, 11) is 1.81. The fourth-order valence-electron chi connectivity index (χ4n) is 4.09. The average Bonchev–Trinajstić information content (AvgIpc) is 2.77. The van der Waals surface area contributed by atoms with Crippen LogP contribution in [0.1, 0.15) is 35.3 Å². The molecule has 0 amide bonds. The second-order valence-electron chi connectivity index (χ2n) is 8.30. The van der Waals surface area contributed by atoms with Crippen LogP contribution in [0.2, 0.25) is 5.15 Å². The zero-order valence-electron chi connectivity index (χ0n) is 19.3. The minimum atomic E-state index is -0.149. The van der Waals surface area contributed by atoms with Gasteiger partial charge in [-0.2, -0.15) is 0 Å². The molecule has 0 aliphatic carbocycles. The lowest BCUT2D eigenvalue weighted by Gasteiger charge is -2.20. The molecule has 0 aliphatic rings. The Labute approximate surface area is 197 Å². The molecule has 0 fully saturated rings. The molecule has 7 heteroatoms. The standard InChI is InChI=1S/C26H27ClN4O2/c1-13-10-18(15(3)30-21-8-9-23(27)31-16(21)4)26-19(11-13)24(32)14(2)25(33-26)17-6-7-22(29-5)20(28)12-17/h6-12,15,29-30H,28H2,1-5H3. The topological polar surface area (TPSA) is 93.2 Å². The van der Waals surface area contributed by atoms with Crippen molar-refractivity contribution in [3.63, 3.8) is 0 Å². The number of aromatic nitrogens is 1. The highest BCUT2D eigenvalue weighted by molar-refractivity contribution is 6.29. The van der Waals surface area contributed by atoms with Gasteiger partial charge in [0.05, 0.1) is 34.2 Å². The van der Waals surface area contributed by atoms with E-state index in [1.165, 1.54) is 0 Å². The first-order chi connectivity index (χ1) is 15.7. The first-order valence-corrected chi connectivity index (χ1v) is 11.1. The van der Waals surface area contributed by atoms with Crippen LogP contribution in [0.5, 0.6) is 0 Å². The van der Waals surface area contributed by atoms with Crippen LogP contribution in [0.3, 0.4) is 0 Å². The van der Waals surface area contributed by atoms with Crippen molar-refractivity contribution in [2.45, 2.75) is 33.7 Å². The number of halogens is 1. The normalized spacial score (nSPS) is 12.1. The molecule has 6 nitrogen and oxygen atoms in total. The van der Waals surface area contributed by atoms with Gasteiger partial charge in [-0.15, -0.1) is 0 Å². The van der Waals surface area contributed by atoms with E-state index in [0.717, 1.165) is 33.8 Å². The molecule has 170 valence electrons. The molecule has 0 bridgehead atoms. The van der Waals surface area contributed by atoms with Crippen LogP contribution in [-0.4, -0.2) is 12.0 Å². The van der Waals surface area contributed by atoms with Crippen LogP contribution in [0, 0.1) is 20.8 Å². The van der Waals surface area contributed by atoms with Crippen LogP contribution in [0.4, 0.5) is 17.1 Å². The predicted octanol–water partition coefficient (Wildman–Crippen LogP) is 6.23. The van der Waals surface area contributed by atoms with Crippen LogP contribution in [0.15, 0.2) is 51.7 Å². The highest BCUT2D eigenvalue weighted by atomic mass is 35.5. The van der Waals surface area contributed by atoms with E-state index in [1.54, 1.807) is 13.0 Å². The molecule has 4 aromatic rings. The van der Waals surface area contributed by atoms with E-state index in [2.05, 4.69) is 15.6 Å². The van der Waals surface area contributed by atoms with Gasteiger partial charge in [-0.25, -0.2) is 4.98 Å². The lowest BCUT2D eigenvalue weighted by atomic mass is 9.98. The second kappa shape index (κ2) is 8.79. The Morgan fingerprint density at radius 3 is 2.45 bits per heavy atom. The zero-order valence-corrected chi connectivity index (χ0v) is 20.1. The molecule has 0 radical (unpaired) electrons. The molecule has 0 saturated carbocycles. The number of pyridine rings is 1.